The molecule has 0 aliphatic carbocycles. The van der Waals surface area contributed by atoms with Crippen molar-refractivity contribution in [1.82, 2.24) is 15.6 Å². The molecule has 0 radical (unpaired) electrons. The van der Waals surface area contributed by atoms with E-state index >= 15 is 0 Å². The van der Waals surface area contributed by atoms with Crippen molar-refractivity contribution in [1.29, 1.82) is 0 Å². The second kappa shape index (κ2) is 7.54. The summed E-state index contributed by atoms with van der Waals surface area (Å²) in [6, 6.07) is -0.534. The van der Waals surface area contributed by atoms with Gasteiger partial charge in [-0.25, -0.2) is 0 Å². The Morgan fingerprint density at radius 3 is 2.50 bits per heavy atom. The van der Waals surface area contributed by atoms with E-state index in [4.69, 9.17) is 12.2 Å². The second-order valence-corrected chi connectivity index (χ2v) is 6.94. The van der Waals surface area contributed by atoms with E-state index in [0.29, 0.717) is 16.4 Å². The van der Waals surface area contributed by atoms with Gasteiger partial charge in [0, 0.05) is 17.1 Å². The van der Waals surface area contributed by atoms with Gasteiger partial charge in [-0.15, -0.1) is 11.3 Å². The Morgan fingerprint density at radius 2 is 2.00 bits per heavy atom. The molecule has 7 heteroatoms. The maximum Gasteiger partial charge on any atom is 0.242 e. The van der Waals surface area contributed by atoms with Crippen molar-refractivity contribution in [2.75, 3.05) is 6.54 Å². The Morgan fingerprint density at radius 1 is 1.35 bits per heavy atom. The number of H-pyrrole nitrogens is 1. The van der Waals surface area contributed by atoms with Crippen LogP contribution in [-0.4, -0.2) is 29.4 Å². The number of thiazole rings is 1. The lowest BCUT2D eigenvalue weighted by molar-refractivity contribution is -0.128. The summed E-state index contributed by atoms with van der Waals surface area (Å²) in [4.78, 5) is 27.6. The monoisotopic (exact) mass is 315 g/mol. The molecule has 0 spiro atoms. The molecule has 0 bridgehead atoms. The van der Waals surface area contributed by atoms with Crippen molar-refractivity contribution in [3.05, 3.63) is 14.5 Å². The van der Waals surface area contributed by atoms with Crippen LogP contribution in [0, 0.1) is 16.8 Å². The van der Waals surface area contributed by atoms with Crippen LogP contribution in [0.5, 0.6) is 0 Å². The molecule has 0 aliphatic rings. The Bertz CT molecular complexity index is 534. The van der Waals surface area contributed by atoms with Crippen LogP contribution in [0.1, 0.15) is 31.3 Å². The van der Waals surface area contributed by atoms with Gasteiger partial charge >= 0.3 is 0 Å². The topological polar surface area (TPSA) is 74.0 Å². The number of carbonyl (C=O) groups excluding carboxylic acids is 2. The van der Waals surface area contributed by atoms with E-state index in [1.807, 2.05) is 20.8 Å². The van der Waals surface area contributed by atoms with E-state index in [0.717, 1.165) is 10.6 Å². The molecule has 1 atom stereocenters. The van der Waals surface area contributed by atoms with E-state index < -0.39 is 6.04 Å². The predicted octanol–water partition coefficient (Wildman–Crippen LogP) is 1.93. The van der Waals surface area contributed by atoms with Crippen LogP contribution in [0.4, 0.5) is 0 Å². The number of nitrogens with one attached hydrogen (secondary N) is 3. The van der Waals surface area contributed by atoms with Gasteiger partial charge in [0.1, 0.15) is 6.04 Å². The average molecular weight is 315 g/mol. The summed E-state index contributed by atoms with van der Waals surface area (Å²) in [6.45, 7) is 8.21. The van der Waals surface area contributed by atoms with Crippen molar-refractivity contribution in [2.24, 2.45) is 5.92 Å². The van der Waals surface area contributed by atoms with Gasteiger partial charge in [0.25, 0.3) is 0 Å². The SMILES string of the molecule is Cc1[nH]c(=S)sc1CC(=O)NC(C)C(=O)NCC(C)C. The molecule has 1 rings (SSSR count). The molecular formula is C13H21N3O2S2. The standard InChI is InChI=1S/C13H21N3O2S2/c1-7(2)6-14-12(18)9(4)15-11(17)5-10-8(3)16-13(19)20-10/h7,9H,5-6H2,1-4H3,(H,14,18)(H,15,17)(H,16,19). The highest BCUT2D eigenvalue weighted by Crippen LogP contribution is 2.14. The molecule has 1 aromatic rings. The van der Waals surface area contributed by atoms with E-state index in [9.17, 15) is 9.59 Å². The summed E-state index contributed by atoms with van der Waals surface area (Å²) in [5.41, 5.74) is 0.909. The van der Waals surface area contributed by atoms with Crippen LogP contribution >= 0.6 is 23.6 Å². The zero-order valence-corrected chi connectivity index (χ0v) is 13.8. The van der Waals surface area contributed by atoms with Gasteiger partial charge < -0.3 is 15.6 Å². The normalized spacial score (nSPS) is 12.2. The molecule has 20 heavy (non-hydrogen) atoms. The van der Waals surface area contributed by atoms with Gasteiger partial charge in [0.2, 0.25) is 11.8 Å². The molecule has 112 valence electrons. The number of aryl methyl sites for hydroxylation is 1. The quantitative estimate of drug-likeness (QED) is 0.702. The maximum atomic E-state index is 11.9. The van der Waals surface area contributed by atoms with Gasteiger partial charge in [0.05, 0.1) is 6.42 Å². The molecule has 2 amide bonds. The molecule has 1 aromatic heterocycles. The number of hydrogen-bond acceptors (Lipinski definition) is 4. The average Bonchev–Trinajstić information content (AvgIpc) is 2.64. The van der Waals surface area contributed by atoms with E-state index in [1.165, 1.54) is 11.3 Å². The van der Waals surface area contributed by atoms with Crippen LogP contribution in [0.3, 0.4) is 0 Å². The van der Waals surface area contributed by atoms with Gasteiger partial charge in [-0.05, 0) is 32.0 Å². The molecule has 1 heterocycles. The first-order chi connectivity index (χ1) is 9.29. The Kier molecular flexibility index (Phi) is 6.35. The zero-order valence-electron chi connectivity index (χ0n) is 12.2. The molecule has 0 saturated heterocycles. The maximum absolute atomic E-state index is 11.9. The van der Waals surface area contributed by atoms with Crippen molar-refractivity contribution in [2.45, 2.75) is 40.2 Å². The second-order valence-electron chi connectivity index (χ2n) is 5.17. The van der Waals surface area contributed by atoms with Crippen molar-refractivity contribution in [3.8, 4) is 0 Å². The number of rotatable bonds is 6. The van der Waals surface area contributed by atoms with Gasteiger partial charge in [-0.1, -0.05) is 13.8 Å². The Hall–Kier alpha value is -1.21. The molecule has 0 saturated carbocycles. The smallest absolute Gasteiger partial charge is 0.242 e. The lowest BCUT2D eigenvalue weighted by Gasteiger charge is -2.15. The summed E-state index contributed by atoms with van der Waals surface area (Å²) in [6.07, 6.45) is 0.242. The minimum absolute atomic E-state index is 0.162. The fraction of sp³-hybridized carbons (Fsp3) is 0.615. The number of carbonyl (C=O) groups is 2. The molecular weight excluding hydrogens is 294 g/mol. The van der Waals surface area contributed by atoms with Crippen LogP contribution in [0.15, 0.2) is 0 Å². The van der Waals surface area contributed by atoms with E-state index in [2.05, 4.69) is 15.6 Å². The molecule has 3 N–H and O–H groups in total. The summed E-state index contributed by atoms with van der Waals surface area (Å²) in [5.74, 6) is 0.0488. The highest BCUT2D eigenvalue weighted by molar-refractivity contribution is 7.73. The van der Waals surface area contributed by atoms with E-state index in [-0.39, 0.29) is 18.2 Å². The van der Waals surface area contributed by atoms with Gasteiger partial charge in [-0.2, -0.15) is 0 Å². The summed E-state index contributed by atoms with van der Waals surface area (Å²) in [7, 11) is 0. The third-order valence-electron chi connectivity index (χ3n) is 2.70. The molecule has 1 unspecified atom stereocenters. The molecule has 5 nitrogen and oxygen atoms in total. The van der Waals surface area contributed by atoms with Crippen LogP contribution in [-0.2, 0) is 16.0 Å². The minimum Gasteiger partial charge on any atom is -0.354 e. The first-order valence-electron chi connectivity index (χ1n) is 6.55. The number of aromatic nitrogens is 1. The van der Waals surface area contributed by atoms with Crippen LogP contribution in [0.25, 0.3) is 0 Å². The first-order valence-corrected chi connectivity index (χ1v) is 7.77. The van der Waals surface area contributed by atoms with Crippen molar-refractivity contribution < 1.29 is 9.59 Å². The summed E-state index contributed by atoms with van der Waals surface area (Å²) in [5, 5.41) is 5.49. The third kappa shape index (κ3) is 5.42. The van der Waals surface area contributed by atoms with Crippen LogP contribution < -0.4 is 10.6 Å². The predicted molar refractivity (Wildman–Crippen MR) is 83.4 cm³/mol. The van der Waals surface area contributed by atoms with Gasteiger partial charge in [0.15, 0.2) is 3.95 Å². The zero-order chi connectivity index (χ0) is 15.3. The fourth-order valence-electron chi connectivity index (χ4n) is 1.57. The molecule has 0 aromatic carbocycles. The Balaban J connectivity index is 2.47. The number of amides is 2. The molecule has 0 fully saturated rings. The highest BCUT2D eigenvalue weighted by atomic mass is 32.1. The number of aromatic amines is 1. The first kappa shape index (κ1) is 16.8. The largest absolute Gasteiger partial charge is 0.354 e. The lowest BCUT2D eigenvalue weighted by atomic mass is 10.2. The lowest BCUT2D eigenvalue weighted by Crippen LogP contribution is -2.46. The van der Waals surface area contributed by atoms with Crippen molar-refractivity contribution in [3.63, 3.8) is 0 Å². The highest BCUT2D eigenvalue weighted by Gasteiger charge is 2.16. The summed E-state index contributed by atoms with van der Waals surface area (Å²) < 4.78 is 0.660. The minimum atomic E-state index is -0.534. The van der Waals surface area contributed by atoms with E-state index in [1.54, 1.807) is 6.92 Å². The number of hydrogen-bond donors (Lipinski definition) is 3. The Labute approximate surface area is 128 Å². The third-order valence-corrected chi connectivity index (χ3v) is 4.04. The van der Waals surface area contributed by atoms with Crippen LogP contribution in [0.2, 0.25) is 0 Å². The fourth-order valence-corrected chi connectivity index (χ4v) is 2.86. The molecule has 0 aliphatic heterocycles. The van der Waals surface area contributed by atoms with Crippen molar-refractivity contribution >= 4 is 35.4 Å². The summed E-state index contributed by atoms with van der Waals surface area (Å²) >= 11 is 6.42. The van der Waals surface area contributed by atoms with Gasteiger partial charge in [-0.3, -0.25) is 9.59 Å².